The Labute approximate surface area is 163 Å². The highest BCUT2D eigenvalue weighted by atomic mass is 79.9. The second-order valence-electron chi connectivity index (χ2n) is 5.53. The molecule has 3 aromatic carbocycles. The van der Waals surface area contributed by atoms with Crippen LogP contribution in [0.3, 0.4) is 0 Å². The van der Waals surface area contributed by atoms with Gasteiger partial charge in [0.2, 0.25) is 0 Å². The zero-order valence-electron chi connectivity index (χ0n) is 13.3. The summed E-state index contributed by atoms with van der Waals surface area (Å²) in [6.07, 6.45) is 0. The minimum atomic E-state index is -0.262. The molecule has 0 atom stereocenters. The predicted molar refractivity (Wildman–Crippen MR) is 106 cm³/mol. The molecule has 3 rings (SSSR count). The van der Waals surface area contributed by atoms with Gasteiger partial charge in [0, 0.05) is 12.2 Å². The van der Waals surface area contributed by atoms with Gasteiger partial charge in [-0.3, -0.25) is 0 Å². The molecule has 0 aliphatic heterocycles. The second-order valence-corrected chi connectivity index (χ2v) is 7.24. The van der Waals surface area contributed by atoms with E-state index in [0.717, 1.165) is 25.8 Å². The molecule has 128 valence electrons. The zero-order valence-corrected chi connectivity index (χ0v) is 16.5. The molecule has 0 aliphatic rings. The van der Waals surface area contributed by atoms with E-state index in [1.807, 2.05) is 48.5 Å². The van der Waals surface area contributed by atoms with E-state index in [1.165, 1.54) is 12.1 Å². The van der Waals surface area contributed by atoms with E-state index >= 15 is 0 Å². The summed E-state index contributed by atoms with van der Waals surface area (Å²) < 4.78 is 20.8. The maximum atomic E-state index is 13.2. The molecular weight excluding hydrogens is 449 g/mol. The molecule has 0 unspecified atom stereocenters. The van der Waals surface area contributed by atoms with Crippen LogP contribution < -0.4 is 10.1 Å². The van der Waals surface area contributed by atoms with Gasteiger partial charge in [0.15, 0.2) is 0 Å². The maximum absolute atomic E-state index is 13.2. The molecule has 0 aromatic heterocycles. The number of benzene rings is 3. The van der Waals surface area contributed by atoms with Crippen LogP contribution in [0.4, 0.5) is 10.1 Å². The van der Waals surface area contributed by atoms with Crippen molar-refractivity contribution < 1.29 is 9.13 Å². The van der Waals surface area contributed by atoms with Crippen molar-refractivity contribution >= 4 is 37.5 Å². The van der Waals surface area contributed by atoms with Gasteiger partial charge in [0.1, 0.15) is 18.2 Å². The molecule has 1 N–H and O–H groups in total. The summed E-state index contributed by atoms with van der Waals surface area (Å²) in [7, 11) is 0. The van der Waals surface area contributed by atoms with Gasteiger partial charge < -0.3 is 10.1 Å². The number of ether oxygens (including phenoxy) is 1. The molecule has 0 saturated carbocycles. The summed E-state index contributed by atoms with van der Waals surface area (Å²) in [5.74, 6) is 0.439. The molecule has 2 nitrogen and oxygen atoms in total. The highest BCUT2D eigenvalue weighted by Gasteiger charge is 2.10. The largest absolute Gasteiger partial charge is 0.487 e. The Morgan fingerprint density at radius 1 is 0.840 bits per heavy atom. The van der Waals surface area contributed by atoms with E-state index in [4.69, 9.17) is 4.74 Å². The van der Waals surface area contributed by atoms with Crippen molar-refractivity contribution in [1.29, 1.82) is 0 Å². The van der Waals surface area contributed by atoms with Crippen molar-refractivity contribution in [3.05, 3.63) is 92.6 Å². The van der Waals surface area contributed by atoms with Gasteiger partial charge in [0.25, 0.3) is 0 Å². The van der Waals surface area contributed by atoms with Crippen molar-refractivity contribution in [1.82, 2.24) is 0 Å². The Hall–Kier alpha value is -1.85. The fraction of sp³-hybridized carbons (Fsp3) is 0.100. The predicted octanol–water partition coefficient (Wildman–Crippen LogP) is 6.54. The summed E-state index contributed by atoms with van der Waals surface area (Å²) in [6.45, 7) is 1.00. The van der Waals surface area contributed by atoms with Gasteiger partial charge in [0.05, 0.1) is 8.95 Å². The number of nitrogens with one attached hydrogen (secondary N) is 1. The molecule has 0 amide bonds. The van der Waals surface area contributed by atoms with Gasteiger partial charge in [-0.15, -0.1) is 0 Å². The van der Waals surface area contributed by atoms with Crippen LogP contribution in [0.5, 0.6) is 5.75 Å². The smallest absolute Gasteiger partial charge is 0.148 e. The Morgan fingerprint density at radius 3 is 2.24 bits per heavy atom. The minimum absolute atomic E-state index is 0.262. The van der Waals surface area contributed by atoms with E-state index in [-0.39, 0.29) is 5.82 Å². The van der Waals surface area contributed by atoms with Crippen LogP contribution in [0.15, 0.2) is 75.7 Å². The van der Waals surface area contributed by atoms with Crippen molar-refractivity contribution in [3.63, 3.8) is 0 Å². The minimum Gasteiger partial charge on any atom is -0.487 e. The summed E-state index contributed by atoms with van der Waals surface area (Å²) >= 11 is 7.11. The lowest BCUT2D eigenvalue weighted by atomic mass is 10.2. The lowest BCUT2D eigenvalue weighted by Gasteiger charge is -2.13. The quantitative estimate of drug-likeness (QED) is 0.447. The molecule has 0 heterocycles. The monoisotopic (exact) mass is 463 g/mol. The first-order valence-corrected chi connectivity index (χ1v) is 9.34. The second kappa shape index (κ2) is 8.50. The van der Waals surface area contributed by atoms with E-state index in [0.29, 0.717) is 18.9 Å². The molecule has 0 bridgehead atoms. The van der Waals surface area contributed by atoms with Crippen molar-refractivity contribution in [2.45, 2.75) is 13.2 Å². The number of hydrogen-bond donors (Lipinski definition) is 1. The average Bonchev–Trinajstić information content (AvgIpc) is 2.60. The summed E-state index contributed by atoms with van der Waals surface area (Å²) in [6, 6.07) is 20.5. The first-order valence-electron chi connectivity index (χ1n) is 7.76. The topological polar surface area (TPSA) is 21.3 Å². The maximum Gasteiger partial charge on any atom is 0.148 e. The van der Waals surface area contributed by atoms with Gasteiger partial charge in [-0.1, -0.05) is 30.3 Å². The Bertz CT molecular complexity index is 832. The van der Waals surface area contributed by atoms with Crippen LogP contribution in [-0.2, 0) is 13.2 Å². The normalized spacial score (nSPS) is 10.5. The molecule has 0 fully saturated rings. The molecule has 0 saturated heterocycles. The lowest BCUT2D eigenvalue weighted by molar-refractivity contribution is 0.301. The van der Waals surface area contributed by atoms with E-state index < -0.39 is 0 Å². The van der Waals surface area contributed by atoms with Crippen molar-refractivity contribution in [3.8, 4) is 5.75 Å². The van der Waals surface area contributed by atoms with Gasteiger partial charge in [-0.25, -0.2) is 4.39 Å². The summed E-state index contributed by atoms with van der Waals surface area (Å²) in [5.41, 5.74) is 2.97. The van der Waals surface area contributed by atoms with Crippen molar-refractivity contribution in [2.24, 2.45) is 0 Å². The standard InChI is InChI=1S/C20H16Br2FNO/c21-18-10-15(12-24-17-7-2-1-3-8-17)11-19(22)20(18)25-13-14-5-4-6-16(23)9-14/h1-11,24H,12-13H2. The SMILES string of the molecule is Fc1cccc(COc2c(Br)cc(CNc3ccccc3)cc2Br)c1. The summed E-state index contributed by atoms with van der Waals surface area (Å²) in [5, 5.41) is 3.37. The molecular formula is C20H16Br2FNO. The summed E-state index contributed by atoms with van der Waals surface area (Å²) in [4.78, 5) is 0. The number of hydrogen-bond acceptors (Lipinski definition) is 2. The van der Waals surface area contributed by atoms with Gasteiger partial charge in [-0.2, -0.15) is 0 Å². The van der Waals surface area contributed by atoms with Crippen LogP contribution in [0.1, 0.15) is 11.1 Å². The van der Waals surface area contributed by atoms with Crippen LogP contribution >= 0.6 is 31.9 Å². The number of halogens is 3. The van der Waals surface area contributed by atoms with Crippen LogP contribution in [0.25, 0.3) is 0 Å². The average molecular weight is 465 g/mol. The molecule has 5 heteroatoms. The van der Waals surface area contributed by atoms with Gasteiger partial charge in [-0.05, 0) is 79.4 Å². The van der Waals surface area contributed by atoms with Crippen molar-refractivity contribution in [2.75, 3.05) is 5.32 Å². The number of para-hydroxylation sites is 1. The first-order chi connectivity index (χ1) is 12.1. The van der Waals surface area contributed by atoms with E-state index in [9.17, 15) is 4.39 Å². The molecule has 0 radical (unpaired) electrons. The Balaban J connectivity index is 1.67. The third-order valence-corrected chi connectivity index (χ3v) is 4.78. The van der Waals surface area contributed by atoms with Gasteiger partial charge >= 0.3 is 0 Å². The molecule has 3 aromatic rings. The highest BCUT2D eigenvalue weighted by molar-refractivity contribution is 9.11. The fourth-order valence-corrected chi connectivity index (χ4v) is 3.90. The molecule has 0 spiro atoms. The van der Waals surface area contributed by atoms with E-state index in [2.05, 4.69) is 37.2 Å². The van der Waals surface area contributed by atoms with Crippen LogP contribution in [0, 0.1) is 5.82 Å². The van der Waals surface area contributed by atoms with Crippen LogP contribution in [0.2, 0.25) is 0 Å². The lowest BCUT2D eigenvalue weighted by Crippen LogP contribution is -2.01. The van der Waals surface area contributed by atoms with E-state index in [1.54, 1.807) is 6.07 Å². The molecule has 0 aliphatic carbocycles. The third-order valence-electron chi connectivity index (χ3n) is 3.60. The fourth-order valence-electron chi connectivity index (χ4n) is 2.39. The zero-order chi connectivity index (χ0) is 17.6. The number of anilines is 1. The first kappa shape index (κ1) is 18.0. The Kier molecular flexibility index (Phi) is 6.10. The molecule has 25 heavy (non-hydrogen) atoms. The third kappa shape index (κ3) is 5.06. The highest BCUT2D eigenvalue weighted by Crippen LogP contribution is 2.35. The number of rotatable bonds is 6. The Morgan fingerprint density at radius 2 is 1.56 bits per heavy atom. The van der Waals surface area contributed by atoms with Crippen LogP contribution in [-0.4, -0.2) is 0 Å².